The van der Waals surface area contributed by atoms with Crippen LogP contribution in [-0.4, -0.2) is 22.1 Å². The standard InChI is InChI=1S/C21H21N3O2/c1-13-3-5-17(6-4-13)20-23-24-21(26-20)18-11-9-16(10-12-18)19(25)22-14(2)15-7-8-15/h3-6,9-12,14-15H,7-8H2,1-2H3,(H,22,25). The van der Waals surface area contributed by atoms with Gasteiger partial charge in [0.2, 0.25) is 11.8 Å². The second kappa shape index (κ2) is 6.75. The first-order valence-corrected chi connectivity index (χ1v) is 8.92. The zero-order chi connectivity index (χ0) is 18.1. The fourth-order valence-corrected chi connectivity index (χ4v) is 2.92. The number of hydrogen-bond donors (Lipinski definition) is 1. The molecular weight excluding hydrogens is 326 g/mol. The molecule has 0 bridgehead atoms. The molecule has 132 valence electrons. The van der Waals surface area contributed by atoms with Crippen molar-refractivity contribution in [3.8, 4) is 22.9 Å². The maximum absolute atomic E-state index is 12.3. The van der Waals surface area contributed by atoms with Crippen LogP contribution >= 0.6 is 0 Å². The van der Waals surface area contributed by atoms with Gasteiger partial charge in [-0.2, -0.15) is 0 Å². The van der Waals surface area contributed by atoms with Crippen LogP contribution in [0.25, 0.3) is 22.9 Å². The lowest BCUT2D eigenvalue weighted by molar-refractivity contribution is 0.0936. The van der Waals surface area contributed by atoms with Crippen LogP contribution in [0.4, 0.5) is 0 Å². The molecule has 26 heavy (non-hydrogen) atoms. The molecule has 1 aliphatic carbocycles. The lowest BCUT2D eigenvalue weighted by Gasteiger charge is -2.12. The van der Waals surface area contributed by atoms with E-state index in [1.54, 1.807) is 12.1 Å². The van der Waals surface area contributed by atoms with E-state index in [9.17, 15) is 4.79 Å². The summed E-state index contributed by atoms with van der Waals surface area (Å²) in [5, 5.41) is 11.3. The Morgan fingerprint density at radius 1 is 1.00 bits per heavy atom. The van der Waals surface area contributed by atoms with E-state index in [4.69, 9.17) is 4.42 Å². The van der Waals surface area contributed by atoms with Gasteiger partial charge in [-0.15, -0.1) is 10.2 Å². The molecule has 1 saturated carbocycles. The smallest absolute Gasteiger partial charge is 0.251 e. The highest BCUT2D eigenvalue weighted by atomic mass is 16.4. The van der Waals surface area contributed by atoms with Crippen molar-refractivity contribution in [3.63, 3.8) is 0 Å². The fourth-order valence-electron chi connectivity index (χ4n) is 2.92. The number of nitrogens with one attached hydrogen (secondary N) is 1. The lowest BCUT2D eigenvalue weighted by Crippen LogP contribution is -2.33. The van der Waals surface area contributed by atoms with E-state index in [1.807, 2.05) is 43.3 Å². The molecule has 0 spiro atoms. The van der Waals surface area contributed by atoms with Gasteiger partial charge in [-0.1, -0.05) is 17.7 Å². The molecule has 1 aromatic heterocycles. The molecule has 5 nitrogen and oxygen atoms in total. The highest BCUT2D eigenvalue weighted by Crippen LogP contribution is 2.32. The van der Waals surface area contributed by atoms with Crippen LogP contribution in [0.15, 0.2) is 52.9 Å². The van der Waals surface area contributed by atoms with Crippen molar-refractivity contribution in [1.82, 2.24) is 15.5 Å². The van der Waals surface area contributed by atoms with Gasteiger partial charge >= 0.3 is 0 Å². The van der Waals surface area contributed by atoms with Crippen LogP contribution < -0.4 is 5.32 Å². The molecule has 1 unspecified atom stereocenters. The number of rotatable bonds is 5. The number of aryl methyl sites for hydroxylation is 1. The third kappa shape index (κ3) is 3.52. The summed E-state index contributed by atoms with van der Waals surface area (Å²) in [4.78, 5) is 12.3. The predicted octanol–water partition coefficient (Wildman–Crippen LogP) is 4.24. The van der Waals surface area contributed by atoms with Crippen LogP contribution in [0.1, 0.15) is 35.7 Å². The van der Waals surface area contributed by atoms with E-state index >= 15 is 0 Å². The number of amides is 1. The summed E-state index contributed by atoms with van der Waals surface area (Å²) >= 11 is 0. The topological polar surface area (TPSA) is 68.0 Å². The largest absolute Gasteiger partial charge is 0.416 e. The Morgan fingerprint density at radius 3 is 2.08 bits per heavy atom. The first-order valence-electron chi connectivity index (χ1n) is 8.92. The van der Waals surface area contributed by atoms with Crippen molar-refractivity contribution in [2.24, 2.45) is 5.92 Å². The van der Waals surface area contributed by atoms with Crippen molar-refractivity contribution in [3.05, 3.63) is 59.7 Å². The van der Waals surface area contributed by atoms with Gasteiger partial charge < -0.3 is 9.73 Å². The van der Waals surface area contributed by atoms with E-state index in [1.165, 1.54) is 18.4 Å². The van der Waals surface area contributed by atoms with Gasteiger partial charge in [-0.25, -0.2) is 0 Å². The van der Waals surface area contributed by atoms with Gasteiger partial charge in [0.25, 0.3) is 5.91 Å². The summed E-state index contributed by atoms with van der Waals surface area (Å²) in [6, 6.07) is 15.4. The normalized spacial score (nSPS) is 14.8. The fraction of sp³-hybridized carbons (Fsp3) is 0.286. The number of carbonyl (C=O) groups is 1. The number of hydrogen-bond acceptors (Lipinski definition) is 4. The highest BCUT2D eigenvalue weighted by molar-refractivity contribution is 5.94. The summed E-state index contributed by atoms with van der Waals surface area (Å²) in [5.41, 5.74) is 3.50. The Kier molecular flexibility index (Phi) is 4.29. The second-order valence-electron chi connectivity index (χ2n) is 6.96. The van der Waals surface area contributed by atoms with Crippen LogP contribution in [-0.2, 0) is 0 Å². The molecule has 4 rings (SSSR count). The van der Waals surface area contributed by atoms with Crippen molar-refractivity contribution in [2.75, 3.05) is 0 Å². The lowest BCUT2D eigenvalue weighted by atomic mass is 10.1. The maximum atomic E-state index is 12.3. The zero-order valence-corrected chi connectivity index (χ0v) is 14.9. The van der Waals surface area contributed by atoms with Gasteiger partial charge in [0.15, 0.2) is 0 Å². The third-order valence-electron chi connectivity index (χ3n) is 4.81. The Bertz CT molecular complexity index is 909. The van der Waals surface area contributed by atoms with Crippen LogP contribution in [0.2, 0.25) is 0 Å². The third-order valence-corrected chi connectivity index (χ3v) is 4.81. The van der Waals surface area contributed by atoms with E-state index in [-0.39, 0.29) is 11.9 Å². The predicted molar refractivity (Wildman–Crippen MR) is 99.6 cm³/mol. The minimum Gasteiger partial charge on any atom is -0.416 e. The SMILES string of the molecule is Cc1ccc(-c2nnc(-c3ccc(C(=O)NC(C)C4CC4)cc3)o2)cc1. The molecule has 2 aromatic carbocycles. The number of nitrogens with zero attached hydrogens (tertiary/aromatic N) is 2. The minimum atomic E-state index is -0.0400. The Morgan fingerprint density at radius 2 is 1.54 bits per heavy atom. The highest BCUT2D eigenvalue weighted by Gasteiger charge is 2.29. The summed E-state index contributed by atoms with van der Waals surface area (Å²) in [5.74, 6) is 1.53. The van der Waals surface area contributed by atoms with Gasteiger partial charge in [0, 0.05) is 22.7 Å². The molecule has 0 radical (unpaired) electrons. The van der Waals surface area contributed by atoms with Crippen molar-refractivity contribution in [2.45, 2.75) is 32.7 Å². The van der Waals surface area contributed by atoms with Crippen molar-refractivity contribution < 1.29 is 9.21 Å². The molecule has 1 N–H and O–H groups in total. The van der Waals surface area contributed by atoms with E-state index < -0.39 is 0 Å². The van der Waals surface area contributed by atoms with Gasteiger partial charge in [0.1, 0.15) is 0 Å². The molecule has 1 aliphatic rings. The number of aromatic nitrogens is 2. The van der Waals surface area contributed by atoms with Gasteiger partial charge in [0.05, 0.1) is 0 Å². The molecule has 1 heterocycles. The zero-order valence-electron chi connectivity index (χ0n) is 14.9. The average molecular weight is 347 g/mol. The summed E-state index contributed by atoms with van der Waals surface area (Å²) in [6.07, 6.45) is 2.42. The van der Waals surface area contributed by atoms with Crippen molar-refractivity contribution >= 4 is 5.91 Å². The Balaban J connectivity index is 1.48. The van der Waals surface area contributed by atoms with E-state index in [2.05, 4.69) is 22.4 Å². The molecule has 1 amide bonds. The molecule has 5 heteroatoms. The second-order valence-corrected chi connectivity index (χ2v) is 6.96. The maximum Gasteiger partial charge on any atom is 0.251 e. The molecule has 0 aliphatic heterocycles. The molecule has 3 aromatic rings. The monoisotopic (exact) mass is 347 g/mol. The van der Waals surface area contributed by atoms with Crippen LogP contribution in [0.5, 0.6) is 0 Å². The number of carbonyl (C=O) groups excluding carboxylic acids is 1. The summed E-state index contributed by atoms with van der Waals surface area (Å²) < 4.78 is 5.78. The summed E-state index contributed by atoms with van der Waals surface area (Å²) in [6.45, 7) is 4.10. The van der Waals surface area contributed by atoms with Crippen LogP contribution in [0, 0.1) is 12.8 Å². The van der Waals surface area contributed by atoms with Crippen LogP contribution in [0.3, 0.4) is 0 Å². The molecule has 1 atom stereocenters. The average Bonchev–Trinajstić information content (AvgIpc) is 3.40. The number of benzene rings is 2. The first-order chi connectivity index (χ1) is 12.6. The quantitative estimate of drug-likeness (QED) is 0.749. The molecule has 0 saturated heterocycles. The van der Waals surface area contributed by atoms with Gasteiger partial charge in [-0.05, 0) is 69.0 Å². The minimum absolute atomic E-state index is 0.0400. The van der Waals surface area contributed by atoms with E-state index in [0.29, 0.717) is 23.3 Å². The summed E-state index contributed by atoms with van der Waals surface area (Å²) in [7, 11) is 0. The van der Waals surface area contributed by atoms with E-state index in [0.717, 1.165) is 11.1 Å². The Labute approximate surface area is 152 Å². The first kappa shape index (κ1) is 16.5. The van der Waals surface area contributed by atoms with Gasteiger partial charge in [-0.3, -0.25) is 4.79 Å². The van der Waals surface area contributed by atoms with Crippen molar-refractivity contribution in [1.29, 1.82) is 0 Å². The molecule has 1 fully saturated rings. The molecular formula is C21H21N3O2. The Hall–Kier alpha value is -2.95.